The summed E-state index contributed by atoms with van der Waals surface area (Å²) in [5.74, 6) is 0.683. The Morgan fingerprint density at radius 2 is 1.95 bits per heavy atom. The summed E-state index contributed by atoms with van der Waals surface area (Å²) in [4.78, 5) is 16.7. The van der Waals surface area contributed by atoms with Gasteiger partial charge in [-0.25, -0.2) is 0 Å². The zero-order valence-corrected chi connectivity index (χ0v) is 13.0. The van der Waals surface area contributed by atoms with Crippen LogP contribution in [0, 0.1) is 5.92 Å². The summed E-state index contributed by atoms with van der Waals surface area (Å²) in [6.45, 7) is 9.89. The smallest absolute Gasteiger partial charge is 0.234 e. The van der Waals surface area contributed by atoms with Crippen LogP contribution in [0.5, 0.6) is 0 Å². The Kier molecular flexibility index (Phi) is 5.81. The van der Waals surface area contributed by atoms with Gasteiger partial charge in [-0.1, -0.05) is 13.8 Å². The van der Waals surface area contributed by atoms with Gasteiger partial charge in [-0.2, -0.15) is 0 Å². The fourth-order valence-electron chi connectivity index (χ4n) is 3.12. The average molecular weight is 282 g/mol. The molecule has 1 atom stereocenters. The van der Waals surface area contributed by atoms with Crippen LogP contribution in [0.3, 0.4) is 0 Å². The molecule has 2 saturated heterocycles. The standard InChI is InChI=1S/C15H30N4O/c1-12(2)9-17-15(20)11-18-6-5-14(10-18)19-7-3-13(16)4-8-19/h12-14H,3-11,16H2,1-2H3,(H,17,20). The van der Waals surface area contributed by atoms with E-state index in [2.05, 4.69) is 29.0 Å². The summed E-state index contributed by atoms with van der Waals surface area (Å²) in [5.41, 5.74) is 5.96. The van der Waals surface area contributed by atoms with Crippen molar-refractivity contribution in [2.24, 2.45) is 11.7 Å². The molecule has 5 heteroatoms. The van der Waals surface area contributed by atoms with Crippen LogP contribution in [0.2, 0.25) is 0 Å². The van der Waals surface area contributed by atoms with Crippen LogP contribution in [0.4, 0.5) is 0 Å². The van der Waals surface area contributed by atoms with Gasteiger partial charge in [-0.05, 0) is 38.3 Å². The maximum atomic E-state index is 11.8. The van der Waals surface area contributed by atoms with Gasteiger partial charge < -0.3 is 11.1 Å². The van der Waals surface area contributed by atoms with Crippen LogP contribution in [0.1, 0.15) is 33.1 Å². The SMILES string of the molecule is CC(C)CNC(=O)CN1CCC(N2CCC(N)CC2)C1. The van der Waals surface area contributed by atoms with E-state index >= 15 is 0 Å². The molecule has 20 heavy (non-hydrogen) atoms. The van der Waals surface area contributed by atoms with Crippen molar-refractivity contribution in [3.8, 4) is 0 Å². The molecule has 2 aliphatic heterocycles. The number of piperidine rings is 1. The third-order valence-electron chi connectivity index (χ3n) is 4.41. The normalized spacial score (nSPS) is 26.3. The predicted octanol–water partition coefficient (Wildman–Crippen LogP) is 0.256. The third-order valence-corrected chi connectivity index (χ3v) is 4.41. The van der Waals surface area contributed by atoms with E-state index in [1.165, 1.54) is 6.42 Å². The van der Waals surface area contributed by atoms with E-state index < -0.39 is 0 Å². The Hall–Kier alpha value is -0.650. The number of carbonyl (C=O) groups excluding carboxylic acids is 1. The maximum absolute atomic E-state index is 11.8. The number of nitrogens with one attached hydrogen (secondary N) is 1. The Morgan fingerprint density at radius 3 is 2.60 bits per heavy atom. The van der Waals surface area contributed by atoms with Gasteiger partial charge in [-0.15, -0.1) is 0 Å². The highest BCUT2D eigenvalue weighted by molar-refractivity contribution is 5.78. The Balaban J connectivity index is 1.68. The van der Waals surface area contributed by atoms with E-state index in [0.29, 0.717) is 24.5 Å². The van der Waals surface area contributed by atoms with Gasteiger partial charge in [0.25, 0.3) is 0 Å². The highest BCUT2D eigenvalue weighted by Gasteiger charge is 2.30. The van der Waals surface area contributed by atoms with Crippen molar-refractivity contribution in [1.29, 1.82) is 0 Å². The molecule has 0 bridgehead atoms. The molecule has 0 aromatic rings. The first-order valence-corrected chi connectivity index (χ1v) is 8.03. The van der Waals surface area contributed by atoms with Crippen LogP contribution in [-0.4, -0.2) is 67.1 Å². The molecule has 116 valence electrons. The summed E-state index contributed by atoms with van der Waals surface area (Å²) in [5, 5.41) is 3.00. The fourth-order valence-corrected chi connectivity index (χ4v) is 3.12. The van der Waals surface area contributed by atoms with E-state index in [4.69, 9.17) is 5.73 Å². The molecule has 0 spiro atoms. The Bertz CT molecular complexity index is 313. The van der Waals surface area contributed by atoms with Gasteiger partial charge in [0.05, 0.1) is 6.54 Å². The number of likely N-dealkylation sites (tertiary alicyclic amines) is 2. The molecule has 1 amide bonds. The topological polar surface area (TPSA) is 61.6 Å². The zero-order chi connectivity index (χ0) is 14.5. The number of hydrogen-bond donors (Lipinski definition) is 2. The molecule has 0 aromatic heterocycles. The molecule has 2 heterocycles. The first kappa shape index (κ1) is 15.7. The summed E-state index contributed by atoms with van der Waals surface area (Å²) in [7, 11) is 0. The molecule has 0 aromatic carbocycles. The second-order valence-electron chi connectivity index (χ2n) is 6.75. The molecule has 5 nitrogen and oxygen atoms in total. The number of nitrogens with zero attached hydrogens (tertiary/aromatic N) is 2. The van der Waals surface area contributed by atoms with Crippen LogP contribution in [0.25, 0.3) is 0 Å². The number of hydrogen-bond acceptors (Lipinski definition) is 4. The van der Waals surface area contributed by atoms with Crippen LogP contribution < -0.4 is 11.1 Å². The quantitative estimate of drug-likeness (QED) is 0.759. The lowest BCUT2D eigenvalue weighted by molar-refractivity contribution is -0.122. The molecular weight excluding hydrogens is 252 g/mol. The van der Waals surface area contributed by atoms with Gasteiger partial charge >= 0.3 is 0 Å². The minimum absolute atomic E-state index is 0.167. The molecular formula is C15H30N4O. The van der Waals surface area contributed by atoms with Crippen molar-refractivity contribution in [3.63, 3.8) is 0 Å². The molecule has 0 radical (unpaired) electrons. The molecule has 3 N–H and O–H groups in total. The third kappa shape index (κ3) is 4.72. The molecule has 1 unspecified atom stereocenters. The van der Waals surface area contributed by atoms with Crippen molar-refractivity contribution >= 4 is 5.91 Å². The monoisotopic (exact) mass is 282 g/mol. The van der Waals surface area contributed by atoms with Gasteiger partial charge in [0.1, 0.15) is 0 Å². The second-order valence-corrected chi connectivity index (χ2v) is 6.75. The predicted molar refractivity (Wildman–Crippen MR) is 81.5 cm³/mol. The van der Waals surface area contributed by atoms with Crippen molar-refractivity contribution in [2.45, 2.75) is 45.2 Å². The second kappa shape index (κ2) is 7.38. The first-order valence-electron chi connectivity index (χ1n) is 8.03. The maximum Gasteiger partial charge on any atom is 0.234 e. The number of carbonyl (C=O) groups is 1. The Morgan fingerprint density at radius 1 is 1.25 bits per heavy atom. The molecule has 2 aliphatic rings. The average Bonchev–Trinajstić information content (AvgIpc) is 2.85. The minimum atomic E-state index is 0.167. The largest absolute Gasteiger partial charge is 0.355 e. The van der Waals surface area contributed by atoms with Crippen molar-refractivity contribution in [1.82, 2.24) is 15.1 Å². The summed E-state index contributed by atoms with van der Waals surface area (Å²) in [6, 6.07) is 1.02. The summed E-state index contributed by atoms with van der Waals surface area (Å²) < 4.78 is 0. The highest BCUT2D eigenvalue weighted by Crippen LogP contribution is 2.19. The zero-order valence-electron chi connectivity index (χ0n) is 13.0. The van der Waals surface area contributed by atoms with Crippen molar-refractivity contribution in [2.75, 3.05) is 39.3 Å². The van der Waals surface area contributed by atoms with E-state index in [9.17, 15) is 4.79 Å². The van der Waals surface area contributed by atoms with Gasteiger partial charge in [0.2, 0.25) is 5.91 Å². The van der Waals surface area contributed by atoms with E-state index in [-0.39, 0.29) is 5.91 Å². The van der Waals surface area contributed by atoms with E-state index in [0.717, 1.165) is 45.6 Å². The van der Waals surface area contributed by atoms with Crippen LogP contribution >= 0.6 is 0 Å². The molecule has 2 fully saturated rings. The van der Waals surface area contributed by atoms with Gasteiger partial charge in [-0.3, -0.25) is 14.6 Å². The number of amides is 1. The van der Waals surface area contributed by atoms with Crippen molar-refractivity contribution < 1.29 is 4.79 Å². The first-order chi connectivity index (χ1) is 9.54. The summed E-state index contributed by atoms with van der Waals surface area (Å²) in [6.07, 6.45) is 3.42. The lowest BCUT2D eigenvalue weighted by Gasteiger charge is -2.34. The Labute approximate surface area is 122 Å². The fraction of sp³-hybridized carbons (Fsp3) is 0.933. The number of nitrogens with two attached hydrogens (primary N) is 1. The van der Waals surface area contributed by atoms with Gasteiger partial charge in [0.15, 0.2) is 0 Å². The highest BCUT2D eigenvalue weighted by atomic mass is 16.2. The lowest BCUT2D eigenvalue weighted by atomic mass is 10.0. The summed E-state index contributed by atoms with van der Waals surface area (Å²) >= 11 is 0. The lowest BCUT2D eigenvalue weighted by Crippen LogP contribution is -2.46. The molecule has 0 aliphatic carbocycles. The van der Waals surface area contributed by atoms with Crippen molar-refractivity contribution in [3.05, 3.63) is 0 Å². The number of rotatable bonds is 5. The minimum Gasteiger partial charge on any atom is -0.355 e. The molecule has 0 saturated carbocycles. The van der Waals surface area contributed by atoms with Gasteiger partial charge in [0, 0.05) is 31.7 Å². The van der Waals surface area contributed by atoms with E-state index in [1.807, 2.05) is 0 Å². The molecule has 2 rings (SSSR count). The van der Waals surface area contributed by atoms with E-state index in [1.54, 1.807) is 0 Å². The van der Waals surface area contributed by atoms with Crippen LogP contribution in [-0.2, 0) is 4.79 Å². The van der Waals surface area contributed by atoms with Crippen LogP contribution in [0.15, 0.2) is 0 Å².